The summed E-state index contributed by atoms with van der Waals surface area (Å²) in [5.74, 6) is -0.179. The molecule has 0 fully saturated rings. The van der Waals surface area contributed by atoms with E-state index in [4.69, 9.17) is 10.2 Å². The van der Waals surface area contributed by atoms with E-state index in [1.54, 1.807) is 0 Å². The second kappa shape index (κ2) is 5.45. The highest BCUT2D eigenvalue weighted by atomic mass is 32.1. The summed E-state index contributed by atoms with van der Waals surface area (Å²) < 4.78 is 5.33. The predicted molar refractivity (Wildman–Crippen MR) is 92.1 cm³/mol. The van der Waals surface area contributed by atoms with Crippen molar-refractivity contribution < 1.29 is 9.21 Å². The Kier molecular flexibility index (Phi) is 3.38. The first-order chi connectivity index (χ1) is 11.5. The third kappa shape index (κ3) is 2.46. The average Bonchev–Trinajstić information content (AvgIpc) is 2.83. The molecule has 0 saturated carbocycles. The highest BCUT2D eigenvalue weighted by Gasteiger charge is 2.28. The summed E-state index contributed by atoms with van der Waals surface area (Å²) in [5.41, 5.74) is 8.59. The first-order valence-electron chi connectivity index (χ1n) is 7.57. The van der Waals surface area contributed by atoms with Gasteiger partial charge >= 0.3 is 5.63 Å². The number of carbonyl (C=O) groups is 1. The molecule has 4 rings (SSSR count). The molecular formula is C17H15N3O3S. The maximum Gasteiger partial charge on any atom is 0.336 e. The van der Waals surface area contributed by atoms with Gasteiger partial charge in [0.15, 0.2) is 5.13 Å². The number of carbonyl (C=O) groups excluding carboxylic acids is 1. The number of aryl methyl sites for hydroxylation is 1. The quantitative estimate of drug-likeness (QED) is 0.662. The van der Waals surface area contributed by atoms with Crippen LogP contribution in [-0.4, -0.2) is 10.9 Å². The summed E-state index contributed by atoms with van der Waals surface area (Å²) in [4.78, 5) is 29.0. The van der Waals surface area contributed by atoms with Crippen LogP contribution in [0.3, 0.4) is 0 Å². The van der Waals surface area contributed by atoms with E-state index in [-0.39, 0.29) is 17.5 Å². The lowest BCUT2D eigenvalue weighted by molar-refractivity contribution is -0.121. The predicted octanol–water partition coefficient (Wildman–Crippen LogP) is 2.29. The maximum atomic E-state index is 12.1. The molecule has 0 spiro atoms. The third-order valence-corrected chi connectivity index (χ3v) is 5.32. The number of amides is 1. The van der Waals surface area contributed by atoms with Gasteiger partial charge in [0.05, 0.1) is 12.2 Å². The summed E-state index contributed by atoms with van der Waals surface area (Å²) in [7, 11) is 0. The van der Waals surface area contributed by atoms with Crippen molar-refractivity contribution in [1.29, 1.82) is 0 Å². The molecule has 1 atom stereocenters. The van der Waals surface area contributed by atoms with Crippen molar-refractivity contribution in [2.45, 2.75) is 25.8 Å². The molecule has 3 N–H and O–H groups in total. The first-order valence-corrected chi connectivity index (χ1v) is 8.39. The SMILES string of the molecule is Cc1cc(=O)oc2cc(C3CC(=O)NCc4nc(N)sc43)ccc12. The van der Waals surface area contributed by atoms with Gasteiger partial charge in [-0.15, -0.1) is 11.3 Å². The molecule has 1 amide bonds. The van der Waals surface area contributed by atoms with Crippen LogP contribution in [-0.2, 0) is 11.3 Å². The van der Waals surface area contributed by atoms with Gasteiger partial charge in [-0.2, -0.15) is 0 Å². The van der Waals surface area contributed by atoms with Crippen LogP contribution in [0.15, 0.2) is 33.5 Å². The number of nitrogens with one attached hydrogen (secondary N) is 1. The zero-order chi connectivity index (χ0) is 16.8. The number of aromatic nitrogens is 1. The van der Waals surface area contributed by atoms with Gasteiger partial charge < -0.3 is 15.5 Å². The maximum absolute atomic E-state index is 12.1. The van der Waals surface area contributed by atoms with Crippen molar-refractivity contribution in [2.75, 3.05) is 5.73 Å². The van der Waals surface area contributed by atoms with Gasteiger partial charge in [-0.25, -0.2) is 9.78 Å². The fourth-order valence-electron chi connectivity index (χ4n) is 3.14. The van der Waals surface area contributed by atoms with E-state index in [1.165, 1.54) is 17.4 Å². The number of benzene rings is 1. The number of nitrogen functional groups attached to an aromatic ring is 1. The van der Waals surface area contributed by atoms with Crippen LogP contribution < -0.4 is 16.7 Å². The van der Waals surface area contributed by atoms with Crippen molar-refractivity contribution in [3.8, 4) is 0 Å². The Bertz CT molecular complexity index is 1020. The van der Waals surface area contributed by atoms with E-state index in [0.29, 0.717) is 23.7 Å². The number of anilines is 1. The van der Waals surface area contributed by atoms with Gasteiger partial charge in [-0.05, 0) is 24.1 Å². The normalized spacial score (nSPS) is 17.4. The summed E-state index contributed by atoms with van der Waals surface area (Å²) in [6.07, 6.45) is 0.316. The van der Waals surface area contributed by atoms with Gasteiger partial charge in [0.1, 0.15) is 5.58 Å². The van der Waals surface area contributed by atoms with Crippen molar-refractivity contribution in [3.05, 3.63) is 56.4 Å². The molecule has 2 aromatic heterocycles. The Labute approximate surface area is 141 Å². The number of hydrogen-bond acceptors (Lipinski definition) is 6. The molecule has 1 unspecified atom stereocenters. The lowest BCUT2D eigenvalue weighted by Crippen LogP contribution is -2.21. The highest BCUT2D eigenvalue weighted by molar-refractivity contribution is 7.15. The Morgan fingerprint density at radius 3 is 3.00 bits per heavy atom. The minimum Gasteiger partial charge on any atom is -0.423 e. The number of rotatable bonds is 1. The van der Waals surface area contributed by atoms with Gasteiger partial charge in [-0.3, -0.25) is 4.79 Å². The second-order valence-electron chi connectivity index (χ2n) is 5.90. The summed E-state index contributed by atoms with van der Waals surface area (Å²) in [5, 5.41) is 4.22. The van der Waals surface area contributed by atoms with Crippen LogP contribution in [0.5, 0.6) is 0 Å². The zero-order valence-corrected chi connectivity index (χ0v) is 13.8. The number of hydrogen-bond donors (Lipinski definition) is 2. The highest BCUT2D eigenvalue weighted by Crippen LogP contribution is 2.38. The van der Waals surface area contributed by atoms with Crippen LogP contribution >= 0.6 is 11.3 Å². The Balaban J connectivity index is 1.89. The third-order valence-electron chi connectivity index (χ3n) is 4.28. The molecule has 0 radical (unpaired) electrons. The molecule has 0 aliphatic carbocycles. The van der Waals surface area contributed by atoms with E-state index in [0.717, 1.165) is 27.1 Å². The second-order valence-corrected chi connectivity index (χ2v) is 6.96. The molecule has 1 aliphatic rings. The number of thiazole rings is 1. The van der Waals surface area contributed by atoms with E-state index < -0.39 is 0 Å². The number of nitrogens with two attached hydrogens (primary N) is 1. The van der Waals surface area contributed by atoms with Gasteiger partial charge in [-0.1, -0.05) is 12.1 Å². The van der Waals surface area contributed by atoms with E-state index in [9.17, 15) is 9.59 Å². The summed E-state index contributed by atoms with van der Waals surface area (Å²) in [6, 6.07) is 7.21. The molecule has 0 saturated heterocycles. The van der Waals surface area contributed by atoms with Gasteiger partial charge in [0.25, 0.3) is 0 Å². The van der Waals surface area contributed by atoms with E-state index in [2.05, 4.69) is 10.3 Å². The minimum absolute atomic E-state index is 0.0328. The zero-order valence-electron chi connectivity index (χ0n) is 13.0. The van der Waals surface area contributed by atoms with Crippen molar-refractivity contribution in [3.63, 3.8) is 0 Å². The molecule has 0 bridgehead atoms. The fourth-order valence-corrected chi connectivity index (χ4v) is 4.12. The molecule has 3 heterocycles. The van der Waals surface area contributed by atoms with Crippen LogP contribution in [0, 0.1) is 6.92 Å². The van der Waals surface area contributed by atoms with E-state index in [1.807, 2.05) is 25.1 Å². The summed E-state index contributed by atoms with van der Waals surface area (Å²) >= 11 is 1.40. The lowest BCUT2D eigenvalue weighted by atomic mass is 9.92. The Hall–Kier alpha value is -2.67. The van der Waals surface area contributed by atoms with Crippen molar-refractivity contribution >= 4 is 33.3 Å². The number of nitrogens with zero attached hydrogens (tertiary/aromatic N) is 1. The van der Waals surface area contributed by atoms with Crippen molar-refractivity contribution in [1.82, 2.24) is 10.3 Å². The van der Waals surface area contributed by atoms with Crippen LogP contribution in [0.1, 0.15) is 34.0 Å². The van der Waals surface area contributed by atoms with Crippen LogP contribution in [0.25, 0.3) is 11.0 Å². The number of fused-ring (bicyclic) bond motifs is 2. The van der Waals surface area contributed by atoms with Gasteiger partial charge in [0, 0.05) is 28.7 Å². The smallest absolute Gasteiger partial charge is 0.336 e. The van der Waals surface area contributed by atoms with Gasteiger partial charge in [0.2, 0.25) is 5.91 Å². The molecule has 7 heteroatoms. The monoisotopic (exact) mass is 341 g/mol. The molecular weight excluding hydrogens is 326 g/mol. The standard InChI is InChI=1S/C17H15N3O3S/c1-8-4-15(22)23-13-5-9(2-3-10(8)13)11-6-14(21)19-7-12-16(11)24-17(18)20-12/h2-5,11H,6-7H2,1H3,(H2,18,20)(H,19,21). The fraction of sp³-hybridized carbons (Fsp3) is 0.235. The molecule has 6 nitrogen and oxygen atoms in total. The molecule has 3 aromatic rings. The Morgan fingerprint density at radius 2 is 2.17 bits per heavy atom. The first kappa shape index (κ1) is 14.9. The largest absolute Gasteiger partial charge is 0.423 e. The molecule has 1 aliphatic heterocycles. The lowest BCUT2D eigenvalue weighted by Gasteiger charge is -2.14. The average molecular weight is 341 g/mol. The molecule has 1 aromatic carbocycles. The van der Waals surface area contributed by atoms with Crippen LogP contribution in [0.4, 0.5) is 5.13 Å². The Morgan fingerprint density at radius 1 is 1.33 bits per heavy atom. The molecule has 122 valence electrons. The van der Waals surface area contributed by atoms with Crippen molar-refractivity contribution in [2.24, 2.45) is 0 Å². The topological polar surface area (TPSA) is 98.2 Å². The summed E-state index contributed by atoms with van der Waals surface area (Å²) in [6.45, 7) is 2.26. The van der Waals surface area contributed by atoms with E-state index >= 15 is 0 Å². The minimum atomic E-state index is -0.376. The molecule has 24 heavy (non-hydrogen) atoms. The van der Waals surface area contributed by atoms with Crippen LogP contribution in [0.2, 0.25) is 0 Å².